The normalized spacial score (nSPS) is 18.1. The van der Waals surface area contributed by atoms with Gasteiger partial charge in [0, 0.05) is 31.4 Å². The molecule has 0 heterocycles. The number of methoxy groups -OCH3 is 2. The number of amides is 1. The standard InChI is InChI=1S/C16H17F3N2O4/c1-21(2)7-10-13(20-15(23)16(17,18)19)8-5-11(24-3)12(25-4)6-9(8)14(10)22/h5-7,13H,1-4H3,(H,20,23)/b10-7+/t13-/m1/s1. The second kappa shape index (κ2) is 6.66. The summed E-state index contributed by atoms with van der Waals surface area (Å²) in [6, 6.07) is 1.54. The van der Waals surface area contributed by atoms with E-state index in [1.807, 2.05) is 5.32 Å². The highest BCUT2D eigenvalue weighted by Crippen LogP contribution is 2.42. The first-order valence-corrected chi connectivity index (χ1v) is 7.16. The zero-order valence-corrected chi connectivity index (χ0v) is 14.0. The number of hydrogen-bond acceptors (Lipinski definition) is 5. The summed E-state index contributed by atoms with van der Waals surface area (Å²) in [6.07, 6.45) is -3.69. The number of hydrogen-bond donors (Lipinski definition) is 1. The van der Waals surface area contributed by atoms with Crippen LogP contribution in [0, 0.1) is 0 Å². The van der Waals surface area contributed by atoms with Crippen LogP contribution in [0.4, 0.5) is 13.2 Å². The Hall–Kier alpha value is -2.71. The minimum absolute atomic E-state index is 0.0212. The smallest absolute Gasteiger partial charge is 0.471 e. The molecule has 0 aromatic heterocycles. The Balaban J connectivity index is 2.59. The molecule has 0 saturated carbocycles. The predicted octanol–water partition coefficient (Wildman–Crippen LogP) is 2.07. The molecule has 2 rings (SSSR count). The molecule has 136 valence electrons. The van der Waals surface area contributed by atoms with Crippen molar-refractivity contribution in [1.82, 2.24) is 10.2 Å². The minimum atomic E-state index is -5.06. The number of alkyl halides is 3. The van der Waals surface area contributed by atoms with Gasteiger partial charge in [0.1, 0.15) is 0 Å². The first-order valence-electron chi connectivity index (χ1n) is 7.16. The van der Waals surface area contributed by atoms with E-state index in [0.717, 1.165) is 0 Å². The number of benzene rings is 1. The Kier molecular flexibility index (Phi) is 4.96. The highest BCUT2D eigenvalue weighted by molar-refractivity contribution is 6.15. The summed E-state index contributed by atoms with van der Waals surface area (Å²) < 4.78 is 48.2. The van der Waals surface area contributed by atoms with Crippen LogP contribution in [0.2, 0.25) is 0 Å². The average molecular weight is 358 g/mol. The molecule has 1 aliphatic rings. The highest BCUT2D eigenvalue weighted by atomic mass is 19.4. The van der Waals surface area contributed by atoms with Crippen LogP contribution in [-0.2, 0) is 4.79 Å². The van der Waals surface area contributed by atoms with Gasteiger partial charge < -0.3 is 19.7 Å². The number of rotatable bonds is 4. The van der Waals surface area contributed by atoms with Gasteiger partial charge >= 0.3 is 12.1 Å². The molecule has 1 N–H and O–H groups in total. The summed E-state index contributed by atoms with van der Waals surface area (Å²) in [7, 11) is 5.98. The molecule has 0 spiro atoms. The molecule has 0 saturated heterocycles. The van der Waals surface area contributed by atoms with E-state index in [0.29, 0.717) is 0 Å². The third-order valence-corrected chi connectivity index (χ3v) is 3.61. The minimum Gasteiger partial charge on any atom is -0.493 e. The predicted molar refractivity (Wildman–Crippen MR) is 82.6 cm³/mol. The Labute approximate surface area is 142 Å². The number of ether oxygens (including phenoxy) is 2. The summed E-state index contributed by atoms with van der Waals surface area (Å²) >= 11 is 0. The summed E-state index contributed by atoms with van der Waals surface area (Å²) in [5.74, 6) is -2.11. The fraction of sp³-hybridized carbons (Fsp3) is 0.375. The van der Waals surface area contributed by atoms with E-state index in [4.69, 9.17) is 9.47 Å². The van der Waals surface area contributed by atoms with Gasteiger partial charge in [-0.2, -0.15) is 13.2 Å². The lowest BCUT2D eigenvalue weighted by atomic mass is 10.1. The van der Waals surface area contributed by atoms with E-state index in [9.17, 15) is 22.8 Å². The Morgan fingerprint density at radius 3 is 2.24 bits per heavy atom. The van der Waals surface area contributed by atoms with Crippen LogP contribution in [0.5, 0.6) is 11.5 Å². The van der Waals surface area contributed by atoms with Gasteiger partial charge in [-0.15, -0.1) is 0 Å². The van der Waals surface area contributed by atoms with Crippen molar-refractivity contribution in [2.45, 2.75) is 12.2 Å². The van der Waals surface area contributed by atoms with E-state index in [-0.39, 0.29) is 28.2 Å². The van der Waals surface area contributed by atoms with Crippen LogP contribution in [-0.4, -0.2) is 51.1 Å². The molecule has 25 heavy (non-hydrogen) atoms. The van der Waals surface area contributed by atoms with Gasteiger partial charge in [0.05, 0.1) is 20.3 Å². The molecule has 0 fully saturated rings. The number of ketones is 1. The van der Waals surface area contributed by atoms with E-state index >= 15 is 0 Å². The van der Waals surface area contributed by atoms with Gasteiger partial charge in [-0.05, 0) is 17.7 Å². The molecule has 1 atom stereocenters. The van der Waals surface area contributed by atoms with Crippen LogP contribution < -0.4 is 14.8 Å². The molecule has 0 aliphatic heterocycles. The molecule has 9 heteroatoms. The van der Waals surface area contributed by atoms with E-state index in [2.05, 4.69) is 0 Å². The van der Waals surface area contributed by atoms with E-state index in [1.54, 1.807) is 14.1 Å². The highest BCUT2D eigenvalue weighted by Gasteiger charge is 2.44. The van der Waals surface area contributed by atoms with Gasteiger partial charge in [-0.3, -0.25) is 9.59 Å². The number of nitrogens with one attached hydrogen (secondary N) is 1. The van der Waals surface area contributed by atoms with Crippen molar-refractivity contribution in [2.75, 3.05) is 28.3 Å². The summed E-state index contributed by atoms with van der Waals surface area (Å²) in [5.41, 5.74) is 0.388. The number of fused-ring (bicyclic) bond motifs is 1. The van der Waals surface area contributed by atoms with Gasteiger partial charge in [-0.25, -0.2) is 0 Å². The molecule has 0 unspecified atom stereocenters. The zero-order chi connectivity index (χ0) is 18.9. The average Bonchev–Trinajstić information content (AvgIpc) is 2.77. The largest absolute Gasteiger partial charge is 0.493 e. The maximum absolute atomic E-state index is 12.7. The van der Waals surface area contributed by atoms with Crippen molar-refractivity contribution in [3.63, 3.8) is 0 Å². The molecule has 0 radical (unpaired) electrons. The third kappa shape index (κ3) is 3.54. The molecule has 1 amide bonds. The first-order chi connectivity index (χ1) is 11.6. The summed E-state index contributed by atoms with van der Waals surface area (Å²) in [6.45, 7) is 0. The Morgan fingerprint density at radius 1 is 1.20 bits per heavy atom. The molecule has 1 aromatic rings. The van der Waals surface area contributed by atoms with Crippen LogP contribution >= 0.6 is 0 Å². The fourth-order valence-electron chi connectivity index (χ4n) is 2.56. The van der Waals surface area contributed by atoms with Gasteiger partial charge in [-0.1, -0.05) is 0 Å². The maximum atomic E-state index is 12.7. The second-order valence-corrected chi connectivity index (χ2v) is 5.58. The topological polar surface area (TPSA) is 67.9 Å². The number of carbonyl (C=O) groups is 2. The lowest BCUT2D eigenvalue weighted by Crippen LogP contribution is -2.39. The summed E-state index contributed by atoms with van der Waals surface area (Å²) in [5, 5.41) is 1.87. The van der Waals surface area contributed by atoms with Crippen molar-refractivity contribution >= 4 is 11.7 Å². The third-order valence-electron chi connectivity index (χ3n) is 3.61. The molecular weight excluding hydrogens is 341 g/mol. The van der Waals surface area contributed by atoms with Crippen molar-refractivity contribution in [3.05, 3.63) is 35.0 Å². The van der Waals surface area contributed by atoms with Crippen molar-refractivity contribution in [2.24, 2.45) is 0 Å². The number of carbonyl (C=O) groups excluding carboxylic acids is 2. The Bertz CT molecular complexity index is 742. The van der Waals surface area contributed by atoms with Crippen molar-refractivity contribution < 1.29 is 32.2 Å². The fourth-order valence-corrected chi connectivity index (χ4v) is 2.56. The second-order valence-electron chi connectivity index (χ2n) is 5.58. The number of Topliss-reactive ketones (excluding diaryl/α,β-unsaturated/α-hetero) is 1. The molecular formula is C16H17F3N2O4. The quantitative estimate of drug-likeness (QED) is 0.835. The van der Waals surface area contributed by atoms with E-state index in [1.165, 1.54) is 37.5 Å². The van der Waals surface area contributed by atoms with Crippen molar-refractivity contribution in [1.29, 1.82) is 0 Å². The van der Waals surface area contributed by atoms with E-state index < -0.39 is 23.9 Å². The van der Waals surface area contributed by atoms with Gasteiger partial charge in [0.2, 0.25) is 0 Å². The van der Waals surface area contributed by atoms with Gasteiger partial charge in [0.25, 0.3) is 0 Å². The monoisotopic (exact) mass is 358 g/mol. The first kappa shape index (κ1) is 18.6. The number of nitrogens with zero attached hydrogens (tertiary/aromatic N) is 1. The lowest BCUT2D eigenvalue weighted by molar-refractivity contribution is -0.174. The van der Waals surface area contributed by atoms with Crippen molar-refractivity contribution in [3.8, 4) is 11.5 Å². The number of halogens is 3. The molecule has 6 nitrogen and oxygen atoms in total. The van der Waals surface area contributed by atoms with Crippen LogP contribution in [0.3, 0.4) is 0 Å². The Morgan fingerprint density at radius 2 is 1.76 bits per heavy atom. The van der Waals surface area contributed by atoms with Crippen LogP contribution in [0.1, 0.15) is 22.0 Å². The zero-order valence-electron chi connectivity index (χ0n) is 14.0. The SMILES string of the molecule is COc1cc2c(cc1OC)[C@@H](NC(=O)C(F)(F)F)/C(=C\N(C)C)C2=O. The molecule has 1 aromatic carbocycles. The molecule has 0 bridgehead atoms. The maximum Gasteiger partial charge on any atom is 0.471 e. The summed E-state index contributed by atoms with van der Waals surface area (Å²) in [4.78, 5) is 25.5. The van der Waals surface area contributed by atoms with Gasteiger partial charge in [0.15, 0.2) is 17.3 Å². The lowest BCUT2D eigenvalue weighted by Gasteiger charge is -2.18. The van der Waals surface area contributed by atoms with Crippen LogP contribution in [0.15, 0.2) is 23.9 Å². The molecule has 1 aliphatic carbocycles. The van der Waals surface area contributed by atoms with Crippen LogP contribution in [0.25, 0.3) is 0 Å².